The van der Waals surface area contributed by atoms with Crippen molar-refractivity contribution in [1.82, 2.24) is 4.72 Å². The third kappa shape index (κ3) is 5.72. The third-order valence-corrected chi connectivity index (χ3v) is 7.31. The zero-order valence-electron chi connectivity index (χ0n) is 20.3. The fourth-order valence-corrected chi connectivity index (χ4v) is 5.19. The van der Waals surface area contributed by atoms with E-state index in [9.17, 15) is 18.0 Å². The van der Waals surface area contributed by atoms with Crippen molar-refractivity contribution in [2.24, 2.45) is 0 Å². The lowest BCUT2D eigenvalue weighted by Crippen LogP contribution is -2.44. The molecule has 1 unspecified atom stereocenters. The van der Waals surface area contributed by atoms with E-state index in [1.807, 2.05) is 44.2 Å². The molecule has 0 spiro atoms. The Kier molecular flexibility index (Phi) is 7.37. The van der Waals surface area contributed by atoms with Gasteiger partial charge in [-0.2, -0.15) is 4.72 Å². The Labute approximate surface area is 209 Å². The maximum atomic E-state index is 13.5. The second-order valence-corrected chi connectivity index (χ2v) is 10.4. The molecule has 0 aliphatic heterocycles. The summed E-state index contributed by atoms with van der Waals surface area (Å²) >= 11 is 0. The summed E-state index contributed by atoms with van der Waals surface area (Å²) < 4.78 is 39.9. The van der Waals surface area contributed by atoms with Crippen LogP contribution in [0, 0.1) is 13.8 Å². The zero-order valence-corrected chi connectivity index (χ0v) is 21.1. The van der Waals surface area contributed by atoms with Gasteiger partial charge in [-0.05, 0) is 67.6 Å². The molecule has 8 heteroatoms. The molecule has 1 aromatic heterocycles. The van der Waals surface area contributed by atoms with E-state index in [2.05, 4.69) is 4.72 Å². The first-order valence-electron chi connectivity index (χ1n) is 11.6. The van der Waals surface area contributed by atoms with Crippen molar-refractivity contribution in [3.63, 3.8) is 0 Å². The van der Waals surface area contributed by atoms with Crippen LogP contribution in [-0.4, -0.2) is 20.4 Å². The summed E-state index contributed by atoms with van der Waals surface area (Å²) in [5, 5.41) is 0.510. The highest BCUT2D eigenvalue weighted by atomic mass is 32.2. The normalized spacial score (nSPS) is 12.4. The van der Waals surface area contributed by atoms with Gasteiger partial charge >= 0.3 is 11.6 Å². The maximum Gasteiger partial charge on any atom is 0.336 e. The second kappa shape index (κ2) is 10.5. The SMILES string of the molecule is CCc1cc(=O)oc2cc(C)cc(OC(=O)C(Cc3ccccc3)NS(=O)(=O)c3ccc(C)cc3)c12. The van der Waals surface area contributed by atoms with Crippen LogP contribution >= 0.6 is 0 Å². The van der Waals surface area contributed by atoms with Crippen LogP contribution in [0.4, 0.5) is 0 Å². The molecule has 36 heavy (non-hydrogen) atoms. The molecule has 0 radical (unpaired) electrons. The number of nitrogens with one attached hydrogen (secondary N) is 1. The van der Waals surface area contributed by atoms with Gasteiger partial charge in [0, 0.05) is 6.07 Å². The topological polar surface area (TPSA) is 103 Å². The standard InChI is InChI=1S/C28H27NO6S/c1-4-21-17-26(30)34-24-14-19(3)15-25(27(21)24)35-28(31)23(16-20-8-6-5-7-9-20)29-36(32,33)22-12-10-18(2)11-13-22/h5-15,17,23,29H,4,16H2,1-3H3. The van der Waals surface area contributed by atoms with Crippen LogP contribution in [0.1, 0.15) is 29.2 Å². The molecule has 0 saturated carbocycles. The lowest BCUT2D eigenvalue weighted by atomic mass is 10.0. The summed E-state index contributed by atoms with van der Waals surface area (Å²) in [7, 11) is -4.01. The highest BCUT2D eigenvalue weighted by Gasteiger charge is 2.29. The molecule has 1 heterocycles. The molecule has 4 aromatic rings. The number of hydrogen-bond acceptors (Lipinski definition) is 6. The smallest absolute Gasteiger partial charge is 0.336 e. The van der Waals surface area contributed by atoms with Gasteiger partial charge in [-0.25, -0.2) is 18.0 Å². The summed E-state index contributed by atoms with van der Waals surface area (Å²) in [5.74, 6) is -0.558. The molecule has 1 N–H and O–H groups in total. The van der Waals surface area contributed by atoms with Gasteiger partial charge in [0.25, 0.3) is 0 Å². The molecule has 0 fully saturated rings. The average molecular weight is 506 g/mol. The lowest BCUT2D eigenvalue weighted by molar-refractivity contribution is -0.136. The van der Waals surface area contributed by atoms with Crippen LogP contribution in [0.15, 0.2) is 86.9 Å². The second-order valence-electron chi connectivity index (χ2n) is 8.68. The fourth-order valence-electron chi connectivity index (χ4n) is 4.00. The minimum absolute atomic E-state index is 0.0509. The number of rotatable bonds is 8. The first-order valence-corrected chi connectivity index (χ1v) is 13.1. The van der Waals surface area contributed by atoms with Crippen molar-refractivity contribution in [3.8, 4) is 5.75 Å². The van der Waals surface area contributed by atoms with E-state index < -0.39 is 27.7 Å². The van der Waals surface area contributed by atoms with E-state index >= 15 is 0 Å². The van der Waals surface area contributed by atoms with Crippen LogP contribution < -0.4 is 15.1 Å². The Morgan fingerprint density at radius 1 is 0.972 bits per heavy atom. The molecule has 4 rings (SSSR count). The van der Waals surface area contributed by atoms with Crippen LogP contribution in [-0.2, 0) is 27.7 Å². The lowest BCUT2D eigenvalue weighted by Gasteiger charge is -2.19. The van der Waals surface area contributed by atoms with Gasteiger partial charge in [0.15, 0.2) is 0 Å². The first-order chi connectivity index (χ1) is 17.2. The van der Waals surface area contributed by atoms with Gasteiger partial charge in [0.1, 0.15) is 17.4 Å². The molecular formula is C28H27NO6S. The van der Waals surface area contributed by atoms with Crippen LogP contribution in [0.2, 0.25) is 0 Å². The van der Waals surface area contributed by atoms with Gasteiger partial charge in [0.05, 0.1) is 10.3 Å². The van der Waals surface area contributed by atoms with Gasteiger partial charge in [-0.1, -0.05) is 55.0 Å². The van der Waals surface area contributed by atoms with E-state index in [0.29, 0.717) is 23.0 Å². The highest BCUT2D eigenvalue weighted by Crippen LogP contribution is 2.30. The predicted molar refractivity (Wildman–Crippen MR) is 138 cm³/mol. The number of carbonyl (C=O) groups excluding carboxylic acids is 1. The Balaban J connectivity index is 1.72. The summed E-state index contributed by atoms with van der Waals surface area (Å²) in [4.78, 5) is 25.5. The molecule has 0 amide bonds. The molecule has 0 aliphatic rings. The Morgan fingerprint density at radius 2 is 1.67 bits per heavy atom. The number of hydrogen-bond donors (Lipinski definition) is 1. The van der Waals surface area contributed by atoms with Crippen molar-refractivity contribution in [1.29, 1.82) is 0 Å². The quantitative estimate of drug-likeness (QED) is 0.215. The number of sulfonamides is 1. The monoisotopic (exact) mass is 505 g/mol. The highest BCUT2D eigenvalue weighted by molar-refractivity contribution is 7.89. The fraction of sp³-hybridized carbons (Fsp3) is 0.214. The maximum absolute atomic E-state index is 13.5. The zero-order chi connectivity index (χ0) is 25.9. The number of esters is 1. The van der Waals surface area contributed by atoms with Crippen LogP contribution in [0.3, 0.4) is 0 Å². The van der Waals surface area contributed by atoms with Crippen molar-refractivity contribution in [2.45, 2.75) is 44.6 Å². The Bertz CT molecular complexity index is 1560. The van der Waals surface area contributed by atoms with E-state index in [1.54, 1.807) is 31.2 Å². The molecule has 0 aliphatic carbocycles. The average Bonchev–Trinajstić information content (AvgIpc) is 2.83. The van der Waals surface area contributed by atoms with E-state index in [4.69, 9.17) is 9.15 Å². The summed E-state index contributed by atoms with van der Waals surface area (Å²) in [6.07, 6.45) is 0.605. The number of carbonyl (C=O) groups is 1. The van der Waals surface area contributed by atoms with Gasteiger partial charge in [-0.3, -0.25) is 0 Å². The molecule has 0 bridgehead atoms. The minimum Gasteiger partial charge on any atom is -0.425 e. The number of aryl methyl sites for hydroxylation is 3. The van der Waals surface area contributed by atoms with Crippen molar-refractivity contribution >= 4 is 27.0 Å². The predicted octanol–water partition coefficient (Wildman–Crippen LogP) is 4.47. The van der Waals surface area contributed by atoms with Crippen molar-refractivity contribution in [3.05, 3.63) is 105 Å². The van der Waals surface area contributed by atoms with Crippen LogP contribution in [0.5, 0.6) is 5.75 Å². The number of benzene rings is 3. The molecule has 3 aromatic carbocycles. The van der Waals surface area contributed by atoms with Crippen molar-refractivity contribution in [2.75, 3.05) is 0 Å². The summed E-state index contributed by atoms with van der Waals surface area (Å²) in [6, 6.07) is 19.0. The van der Waals surface area contributed by atoms with E-state index in [0.717, 1.165) is 16.7 Å². The Hall–Kier alpha value is -3.75. The molecule has 0 saturated heterocycles. The molecule has 1 atom stereocenters. The Morgan fingerprint density at radius 3 is 2.33 bits per heavy atom. The number of ether oxygens (including phenoxy) is 1. The van der Waals surface area contributed by atoms with E-state index in [1.165, 1.54) is 18.2 Å². The summed E-state index contributed by atoms with van der Waals surface area (Å²) in [5.41, 5.74) is 2.89. The minimum atomic E-state index is -4.01. The summed E-state index contributed by atoms with van der Waals surface area (Å²) in [6.45, 7) is 5.53. The largest absolute Gasteiger partial charge is 0.425 e. The molecular weight excluding hydrogens is 478 g/mol. The van der Waals surface area contributed by atoms with Gasteiger partial charge in [-0.15, -0.1) is 0 Å². The van der Waals surface area contributed by atoms with Crippen molar-refractivity contribution < 1.29 is 22.4 Å². The molecule has 7 nitrogen and oxygen atoms in total. The van der Waals surface area contributed by atoms with Gasteiger partial charge in [0.2, 0.25) is 10.0 Å². The number of fused-ring (bicyclic) bond motifs is 1. The van der Waals surface area contributed by atoms with Gasteiger partial charge < -0.3 is 9.15 Å². The first kappa shape index (κ1) is 25.3. The third-order valence-electron chi connectivity index (χ3n) is 5.82. The van der Waals surface area contributed by atoms with E-state index in [-0.39, 0.29) is 17.1 Å². The molecule has 186 valence electrons. The van der Waals surface area contributed by atoms with Crippen LogP contribution in [0.25, 0.3) is 11.0 Å².